The summed E-state index contributed by atoms with van der Waals surface area (Å²) in [5, 5.41) is 8.54. The zero-order valence-corrected chi connectivity index (χ0v) is 17.2. The van der Waals surface area contributed by atoms with Crippen LogP contribution in [0.4, 0.5) is 5.82 Å². The van der Waals surface area contributed by atoms with Gasteiger partial charge in [0.25, 0.3) is 0 Å². The number of esters is 1. The van der Waals surface area contributed by atoms with Crippen LogP contribution in [0.5, 0.6) is 0 Å². The Morgan fingerprint density at radius 1 is 1.10 bits per heavy atom. The molecule has 3 N–H and O–H groups in total. The van der Waals surface area contributed by atoms with Gasteiger partial charge in [-0.05, 0) is 37.7 Å². The fraction of sp³-hybridized carbons (Fsp3) is 0.261. The normalized spacial score (nSPS) is 11.1. The second-order valence-corrected chi connectivity index (χ2v) is 7.14. The number of aromatic amines is 1. The minimum atomic E-state index is -0.364. The topological polar surface area (TPSA) is 91.9 Å². The molecular weight excluding hydrogens is 378 g/mol. The maximum Gasteiger partial charge on any atom is 0.337 e. The van der Waals surface area contributed by atoms with Crippen LogP contribution in [0.3, 0.4) is 0 Å². The smallest absolute Gasteiger partial charge is 0.337 e. The molecule has 2 heterocycles. The quantitative estimate of drug-likeness (QED) is 0.308. The third kappa shape index (κ3) is 4.11. The van der Waals surface area contributed by atoms with Crippen LogP contribution in [0.15, 0.2) is 48.5 Å². The molecule has 7 nitrogen and oxygen atoms in total. The molecule has 30 heavy (non-hydrogen) atoms. The number of ether oxygens (including phenoxy) is 1. The first kappa shape index (κ1) is 19.8. The summed E-state index contributed by atoms with van der Waals surface area (Å²) < 4.78 is 4.85. The lowest BCUT2D eigenvalue weighted by molar-refractivity contribution is 0.0601. The molecule has 0 amide bonds. The van der Waals surface area contributed by atoms with Crippen molar-refractivity contribution in [2.45, 2.75) is 12.8 Å². The Hall–Kier alpha value is -3.45. The van der Waals surface area contributed by atoms with E-state index < -0.39 is 0 Å². The van der Waals surface area contributed by atoms with Gasteiger partial charge >= 0.3 is 5.97 Å². The van der Waals surface area contributed by atoms with E-state index in [2.05, 4.69) is 27.8 Å². The van der Waals surface area contributed by atoms with Crippen molar-refractivity contribution in [3.05, 3.63) is 65.5 Å². The molecule has 7 heteroatoms. The lowest BCUT2D eigenvalue weighted by Gasteiger charge is -2.09. The van der Waals surface area contributed by atoms with E-state index in [0.717, 1.165) is 58.7 Å². The summed E-state index contributed by atoms with van der Waals surface area (Å²) in [5.41, 5.74) is 3.24. The summed E-state index contributed by atoms with van der Waals surface area (Å²) in [6, 6.07) is 15.7. The van der Waals surface area contributed by atoms with Gasteiger partial charge in [0.15, 0.2) is 0 Å². The predicted octanol–water partition coefficient (Wildman–Crippen LogP) is 3.51. The highest BCUT2D eigenvalue weighted by atomic mass is 16.5. The number of hydrogen-bond acceptors (Lipinski definition) is 6. The fourth-order valence-electron chi connectivity index (χ4n) is 3.55. The number of fused-ring (bicyclic) bond motifs is 3. The third-order valence-electron chi connectivity index (χ3n) is 5.02. The Morgan fingerprint density at radius 2 is 1.93 bits per heavy atom. The maximum absolute atomic E-state index is 11.9. The van der Waals surface area contributed by atoms with Crippen LogP contribution in [0.1, 0.15) is 28.2 Å². The number of methoxy groups -OCH3 is 1. The molecule has 0 atom stereocenters. The van der Waals surface area contributed by atoms with E-state index in [-0.39, 0.29) is 5.97 Å². The van der Waals surface area contributed by atoms with Crippen LogP contribution >= 0.6 is 0 Å². The van der Waals surface area contributed by atoms with Crippen molar-refractivity contribution in [3.63, 3.8) is 0 Å². The molecule has 0 spiro atoms. The van der Waals surface area contributed by atoms with E-state index in [9.17, 15) is 4.79 Å². The average molecular weight is 403 g/mol. The van der Waals surface area contributed by atoms with Crippen molar-refractivity contribution < 1.29 is 9.53 Å². The Balaban J connectivity index is 1.78. The van der Waals surface area contributed by atoms with Crippen LogP contribution in [0.25, 0.3) is 21.9 Å². The first-order valence-electron chi connectivity index (χ1n) is 10.0. The van der Waals surface area contributed by atoms with Crippen LogP contribution in [-0.4, -0.2) is 48.2 Å². The van der Waals surface area contributed by atoms with Gasteiger partial charge < -0.3 is 20.4 Å². The first-order valence-corrected chi connectivity index (χ1v) is 10.0. The second-order valence-electron chi connectivity index (χ2n) is 7.14. The van der Waals surface area contributed by atoms with Gasteiger partial charge in [-0.25, -0.2) is 14.8 Å². The van der Waals surface area contributed by atoms with Gasteiger partial charge in [-0.1, -0.05) is 36.4 Å². The SMILES string of the molecule is CNCCCNc1nc(Cc2ccccc2)nc2[nH]c3cc(C(=O)OC)ccc3c12. The highest BCUT2D eigenvalue weighted by molar-refractivity contribution is 6.12. The summed E-state index contributed by atoms with van der Waals surface area (Å²) in [7, 11) is 3.33. The number of rotatable bonds is 8. The molecule has 0 radical (unpaired) electrons. The minimum Gasteiger partial charge on any atom is -0.465 e. The standard InChI is InChI=1S/C23H25N5O2/c1-24-11-6-12-25-21-20-17-10-9-16(23(29)30-2)14-18(17)26-22(20)28-19(27-21)13-15-7-4-3-5-8-15/h3-5,7-10,14,24H,6,11-13H2,1-2H3,(H2,25,26,27,28). The Morgan fingerprint density at radius 3 is 2.70 bits per heavy atom. The Kier molecular flexibility index (Phi) is 5.90. The van der Waals surface area contributed by atoms with Gasteiger partial charge in [-0.3, -0.25) is 0 Å². The van der Waals surface area contributed by atoms with E-state index in [0.29, 0.717) is 12.0 Å². The minimum absolute atomic E-state index is 0.364. The summed E-state index contributed by atoms with van der Waals surface area (Å²) in [4.78, 5) is 24.9. The molecule has 2 aromatic carbocycles. The third-order valence-corrected chi connectivity index (χ3v) is 5.02. The molecule has 0 unspecified atom stereocenters. The molecule has 0 aliphatic rings. The van der Waals surface area contributed by atoms with E-state index in [1.54, 1.807) is 12.1 Å². The monoisotopic (exact) mass is 403 g/mol. The molecular formula is C23H25N5O2. The molecule has 154 valence electrons. The Bertz CT molecular complexity index is 1170. The molecule has 0 bridgehead atoms. The average Bonchev–Trinajstić information content (AvgIpc) is 3.14. The van der Waals surface area contributed by atoms with Gasteiger partial charge in [-0.2, -0.15) is 0 Å². The molecule has 0 aliphatic carbocycles. The summed E-state index contributed by atoms with van der Waals surface area (Å²) in [6.45, 7) is 1.72. The van der Waals surface area contributed by atoms with Gasteiger partial charge in [0.05, 0.1) is 18.1 Å². The van der Waals surface area contributed by atoms with Crippen molar-refractivity contribution in [3.8, 4) is 0 Å². The van der Waals surface area contributed by atoms with Gasteiger partial charge in [0, 0.05) is 23.9 Å². The zero-order valence-electron chi connectivity index (χ0n) is 17.2. The van der Waals surface area contributed by atoms with E-state index in [1.807, 2.05) is 31.3 Å². The molecule has 4 aromatic rings. The van der Waals surface area contributed by atoms with Gasteiger partial charge in [-0.15, -0.1) is 0 Å². The van der Waals surface area contributed by atoms with Crippen molar-refractivity contribution in [1.29, 1.82) is 0 Å². The van der Waals surface area contributed by atoms with Crippen molar-refractivity contribution in [1.82, 2.24) is 20.3 Å². The number of hydrogen-bond donors (Lipinski definition) is 3. The number of aromatic nitrogens is 3. The van der Waals surface area contributed by atoms with Crippen molar-refractivity contribution >= 4 is 33.7 Å². The second kappa shape index (κ2) is 8.92. The number of nitrogens with zero attached hydrogens (tertiary/aromatic N) is 2. The number of anilines is 1. The van der Waals surface area contributed by atoms with Crippen molar-refractivity contribution in [2.24, 2.45) is 0 Å². The Labute approximate surface area is 174 Å². The zero-order chi connectivity index (χ0) is 20.9. The molecule has 0 fully saturated rings. The van der Waals surface area contributed by atoms with Crippen molar-refractivity contribution in [2.75, 3.05) is 32.6 Å². The van der Waals surface area contributed by atoms with E-state index in [1.165, 1.54) is 7.11 Å². The number of carbonyl (C=O) groups excluding carboxylic acids is 1. The van der Waals surface area contributed by atoms with Gasteiger partial charge in [0.2, 0.25) is 0 Å². The molecule has 2 aromatic heterocycles. The van der Waals surface area contributed by atoms with Gasteiger partial charge in [0.1, 0.15) is 17.3 Å². The van der Waals surface area contributed by atoms with Crippen LogP contribution in [0.2, 0.25) is 0 Å². The first-order chi connectivity index (χ1) is 14.7. The lowest BCUT2D eigenvalue weighted by Crippen LogP contribution is -2.14. The largest absolute Gasteiger partial charge is 0.465 e. The predicted molar refractivity (Wildman–Crippen MR) is 119 cm³/mol. The van der Waals surface area contributed by atoms with E-state index >= 15 is 0 Å². The summed E-state index contributed by atoms with van der Waals surface area (Å²) in [5.74, 6) is 1.18. The molecule has 0 saturated carbocycles. The summed E-state index contributed by atoms with van der Waals surface area (Å²) in [6.07, 6.45) is 1.62. The fourth-order valence-corrected chi connectivity index (χ4v) is 3.55. The maximum atomic E-state index is 11.9. The number of H-pyrrole nitrogens is 1. The number of carbonyl (C=O) groups is 1. The van der Waals surface area contributed by atoms with Crippen LogP contribution in [-0.2, 0) is 11.2 Å². The number of benzene rings is 2. The number of nitrogens with one attached hydrogen (secondary N) is 3. The van der Waals surface area contributed by atoms with Crippen LogP contribution < -0.4 is 10.6 Å². The van der Waals surface area contributed by atoms with Crippen LogP contribution in [0, 0.1) is 0 Å². The summed E-state index contributed by atoms with van der Waals surface area (Å²) >= 11 is 0. The highest BCUT2D eigenvalue weighted by Gasteiger charge is 2.16. The molecule has 0 aliphatic heterocycles. The highest BCUT2D eigenvalue weighted by Crippen LogP contribution is 2.30. The molecule has 4 rings (SSSR count). The molecule has 0 saturated heterocycles. The van der Waals surface area contributed by atoms with E-state index in [4.69, 9.17) is 14.7 Å². The lowest BCUT2D eigenvalue weighted by atomic mass is 10.1.